The average molecular weight is 514 g/mol. The topological polar surface area (TPSA) is 42.5 Å². The van der Waals surface area contributed by atoms with E-state index in [2.05, 4.69) is 119 Å². The second-order valence-corrected chi connectivity index (χ2v) is 10.5. The van der Waals surface area contributed by atoms with Crippen LogP contribution in [0.5, 0.6) is 0 Å². The minimum atomic E-state index is -0.289. The Morgan fingerprint density at radius 2 is 1.25 bits per heavy atom. The number of rotatable bonds is 2. The normalized spacial score (nSPS) is 15.1. The van der Waals surface area contributed by atoms with Gasteiger partial charge in [-0.1, -0.05) is 97.1 Å². The highest BCUT2D eigenvalue weighted by molar-refractivity contribution is 6.20. The average Bonchev–Trinajstić information content (AvgIpc) is 3.53. The first-order valence-electron chi connectivity index (χ1n) is 13.6. The number of aliphatic imine (C=N–C) groups is 1. The van der Waals surface area contributed by atoms with Crippen molar-refractivity contribution >= 4 is 71.6 Å². The van der Waals surface area contributed by atoms with Crippen LogP contribution >= 0.6 is 0 Å². The lowest BCUT2D eigenvalue weighted by molar-refractivity contribution is 0.604. The minimum Gasteiger partial charge on any atom is -0.438 e. The summed E-state index contributed by atoms with van der Waals surface area (Å²) in [7, 11) is 0. The quantitative estimate of drug-likeness (QED) is 0.250. The number of hydrogen-bond donors (Lipinski definition) is 1. The van der Waals surface area contributed by atoms with Gasteiger partial charge in [-0.15, -0.1) is 0 Å². The van der Waals surface area contributed by atoms with Crippen molar-refractivity contribution in [2.75, 3.05) is 5.32 Å². The number of anilines is 1. The van der Waals surface area contributed by atoms with E-state index in [0.29, 0.717) is 5.88 Å². The number of furan rings is 1. The molecule has 0 spiro atoms. The van der Waals surface area contributed by atoms with Gasteiger partial charge in [-0.3, -0.25) is 0 Å². The highest BCUT2D eigenvalue weighted by Gasteiger charge is 2.32. The maximum absolute atomic E-state index is 6.35. The van der Waals surface area contributed by atoms with E-state index in [0.717, 1.165) is 39.0 Å². The van der Waals surface area contributed by atoms with Gasteiger partial charge >= 0.3 is 0 Å². The fourth-order valence-electron chi connectivity index (χ4n) is 6.42. The second-order valence-electron chi connectivity index (χ2n) is 10.5. The van der Waals surface area contributed by atoms with E-state index >= 15 is 0 Å². The van der Waals surface area contributed by atoms with Gasteiger partial charge < -0.3 is 14.3 Å². The van der Waals surface area contributed by atoms with Gasteiger partial charge in [0.1, 0.15) is 11.3 Å². The molecule has 1 aliphatic heterocycles. The third kappa shape index (κ3) is 2.99. The molecule has 4 heteroatoms. The summed E-state index contributed by atoms with van der Waals surface area (Å²) in [6, 6.07) is 45.0. The Kier molecular flexibility index (Phi) is 4.35. The molecule has 0 saturated carbocycles. The van der Waals surface area contributed by atoms with Crippen molar-refractivity contribution in [2.24, 2.45) is 4.99 Å². The zero-order valence-electron chi connectivity index (χ0n) is 21.5. The molecule has 0 saturated heterocycles. The molecule has 0 amide bonds. The zero-order chi connectivity index (χ0) is 26.2. The molecule has 1 unspecified atom stereocenters. The van der Waals surface area contributed by atoms with Crippen molar-refractivity contribution < 1.29 is 4.42 Å². The van der Waals surface area contributed by atoms with Crippen LogP contribution in [-0.4, -0.2) is 10.3 Å². The molecule has 8 aromatic rings. The summed E-state index contributed by atoms with van der Waals surface area (Å²) in [5.41, 5.74) is 6.06. The van der Waals surface area contributed by atoms with Gasteiger partial charge in [-0.05, 0) is 51.9 Å². The number of fused-ring (bicyclic) bond motifs is 8. The van der Waals surface area contributed by atoms with Gasteiger partial charge in [-0.2, -0.15) is 0 Å². The van der Waals surface area contributed by atoms with E-state index in [1.807, 2.05) is 18.2 Å². The first-order chi connectivity index (χ1) is 19.8. The highest BCUT2D eigenvalue weighted by Crippen LogP contribution is 2.45. The molecule has 0 bridgehead atoms. The first-order valence-corrected chi connectivity index (χ1v) is 13.6. The number of benzene rings is 6. The van der Waals surface area contributed by atoms with Crippen LogP contribution in [0.15, 0.2) is 137 Å². The van der Waals surface area contributed by atoms with Crippen LogP contribution in [0, 0.1) is 0 Å². The largest absolute Gasteiger partial charge is 0.438 e. The summed E-state index contributed by atoms with van der Waals surface area (Å²) < 4.78 is 8.75. The molecular formula is C36H23N3O. The summed E-state index contributed by atoms with van der Waals surface area (Å²) >= 11 is 0. The fraction of sp³-hybridized carbons (Fsp3) is 0.0278. The maximum Gasteiger partial charge on any atom is 0.222 e. The van der Waals surface area contributed by atoms with Crippen molar-refractivity contribution in [3.05, 3.63) is 133 Å². The second kappa shape index (κ2) is 8.08. The lowest BCUT2D eigenvalue weighted by Gasteiger charge is -2.28. The van der Waals surface area contributed by atoms with Crippen LogP contribution in [0.4, 0.5) is 11.6 Å². The van der Waals surface area contributed by atoms with Crippen LogP contribution in [0.3, 0.4) is 0 Å². The molecule has 1 N–H and O–H groups in total. The smallest absolute Gasteiger partial charge is 0.222 e. The Hall–Kier alpha value is -5.35. The van der Waals surface area contributed by atoms with E-state index in [1.54, 1.807) is 0 Å². The van der Waals surface area contributed by atoms with Crippen LogP contribution in [0.1, 0.15) is 11.7 Å². The molecule has 6 aromatic carbocycles. The number of nitrogens with zero attached hydrogens (tertiary/aromatic N) is 2. The Balaban J connectivity index is 1.40. The predicted octanol–water partition coefficient (Wildman–Crippen LogP) is 9.59. The Morgan fingerprint density at radius 3 is 2.12 bits per heavy atom. The Morgan fingerprint density at radius 1 is 0.575 bits per heavy atom. The molecule has 0 aliphatic carbocycles. The van der Waals surface area contributed by atoms with E-state index in [-0.39, 0.29) is 6.17 Å². The van der Waals surface area contributed by atoms with Crippen molar-refractivity contribution in [1.29, 1.82) is 0 Å². The van der Waals surface area contributed by atoms with Crippen LogP contribution in [-0.2, 0) is 0 Å². The zero-order valence-corrected chi connectivity index (χ0v) is 21.5. The molecule has 4 nitrogen and oxygen atoms in total. The molecule has 1 aliphatic rings. The lowest BCUT2D eigenvalue weighted by Crippen LogP contribution is -2.30. The van der Waals surface area contributed by atoms with Gasteiger partial charge in [0, 0.05) is 21.7 Å². The number of nitrogens with one attached hydrogen (secondary N) is 1. The van der Waals surface area contributed by atoms with Gasteiger partial charge in [-0.25, -0.2) is 4.99 Å². The molecule has 188 valence electrons. The van der Waals surface area contributed by atoms with Gasteiger partial charge in [0.15, 0.2) is 6.17 Å². The van der Waals surface area contributed by atoms with Crippen molar-refractivity contribution in [1.82, 2.24) is 4.57 Å². The molecule has 0 fully saturated rings. The highest BCUT2D eigenvalue weighted by atomic mass is 16.4. The molecule has 9 rings (SSSR count). The molecule has 3 heterocycles. The monoisotopic (exact) mass is 513 g/mol. The number of para-hydroxylation sites is 2. The van der Waals surface area contributed by atoms with Gasteiger partial charge in [0.25, 0.3) is 0 Å². The SMILES string of the molecule is c1ccc2cc3c(cc2c1)c1ccccc1n3C1Nc2oc3ccccc3c2N=C1c1cccc2ccccc12. The van der Waals surface area contributed by atoms with Gasteiger partial charge in [0.05, 0.1) is 16.7 Å². The third-order valence-electron chi connectivity index (χ3n) is 8.23. The first kappa shape index (κ1) is 21.6. The van der Waals surface area contributed by atoms with Crippen LogP contribution < -0.4 is 5.32 Å². The molecule has 2 aromatic heterocycles. The van der Waals surface area contributed by atoms with E-state index in [1.165, 1.54) is 32.3 Å². The summed E-state index contributed by atoms with van der Waals surface area (Å²) in [6.45, 7) is 0. The summed E-state index contributed by atoms with van der Waals surface area (Å²) in [6.07, 6.45) is -0.289. The van der Waals surface area contributed by atoms with Crippen molar-refractivity contribution in [3.8, 4) is 0 Å². The summed E-state index contributed by atoms with van der Waals surface area (Å²) in [4.78, 5) is 5.41. The van der Waals surface area contributed by atoms with Crippen molar-refractivity contribution in [2.45, 2.75) is 6.17 Å². The molecular weight excluding hydrogens is 490 g/mol. The van der Waals surface area contributed by atoms with E-state index < -0.39 is 0 Å². The third-order valence-corrected chi connectivity index (χ3v) is 8.23. The van der Waals surface area contributed by atoms with Crippen LogP contribution in [0.2, 0.25) is 0 Å². The van der Waals surface area contributed by atoms with E-state index in [9.17, 15) is 0 Å². The number of hydrogen-bond acceptors (Lipinski definition) is 3. The van der Waals surface area contributed by atoms with Crippen molar-refractivity contribution in [3.63, 3.8) is 0 Å². The Bertz CT molecular complexity index is 2320. The summed E-state index contributed by atoms with van der Waals surface area (Å²) in [5, 5.41) is 12.1. The maximum atomic E-state index is 6.35. The molecule has 0 radical (unpaired) electrons. The van der Waals surface area contributed by atoms with Gasteiger partial charge in [0.2, 0.25) is 5.88 Å². The molecule has 40 heavy (non-hydrogen) atoms. The van der Waals surface area contributed by atoms with E-state index in [4.69, 9.17) is 9.41 Å². The van der Waals surface area contributed by atoms with Crippen LogP contribution in [0.25, 0.3) is 54.3 Å². The predicted molar refractivity (Wildman–Crippen MR) is 166 cm³/mol. The fourth-order valence-corrected chi connectivity index (χ4v) is 6.42. The number of aromatic nitrogens is 1. The summed E-state index contributed by atoms with van der Waals surface area (Å²) in [5.74, 6) is 0.696. The molecule has 1 atom stereocenters. The minimum absolute atomic E-state index is 0.289. The standard InChI is InChI=1S/C36H23N3O/c1-2-12-24-21-31-29(20-23(24)11-1)26-15-5-7-18-30(26)39(31)35-33(27-17-9-13-22-10-3-4-14-25(22)27)37-34-28-16-6-8-19-32(28)40-36(34)38-35/h1-21,35,38H. The Labute approximate surface area is 229 Å². The lowest BCUT2D eigenvalue weighted by atomic mass is 9.98.